The number of amides is 1. The predicted octanol–water partition coefficient (Wildman–Crippen LogP) is 3.20. The molecule has 2 N–H and O–H groups in total. The van der Waals surface area contributed by atoms with Crippen molar-refractivity contribution in [2.75, 3.05) is 0 Å². The quantitative estimate of drug-likeness (QED) is 0.568. The molecule has 1 fully saturated rings. The number of carbonyl (C=O) groups excluding carboxylic acids is 1. The monoisotopic (exact) mass is 501 g/mol. The number of carboxylic acid groups (broad SMARTS) is 1. The van der Waals surface area contributed by atoms with Gasteiger partial charge in [-0.3, -0.25) is 14.2 Å². The molecule has 0 radical (unpaired) electrons. The summed E-state index contributed by atoms with van der Waals surface area (Å²) < 4.78 is 13.6. The van der Waals surface area contributed by atoms with Crippen molar-refractivity contribution >= 4 is 12.1 Å². The molecule has 0 spiro atoms. The number of ether oxygens (including phenoxy) is 2. The lowest BCUT2D eigenvalue weighted by Crippen LogP contribution is -2.51. The van der Waals surface area contributed by atoms with E-state index in [1.165, 1.54) is 10.8 Å². The molecule has 1 amide bonds. The van der Waals surface area contributed by atoms with Crippen LogP contribution in [0.1, 0.15) is 63.6 Å². The van der Waals surface area contributed by atoms with E-state index in [0.29, 0.717) is 24.8 Å². The van der Waals surface area contributed by atoms with Gasteiger partial charge in [-0.2, -0.15) is 0 Å². The molecular formula is C26H35N3O7. The first kappa shape index (κ1) is 27.2. The van der Waals surface area contributed by atoms with E-state index in [1.807, 2.05) is 30.3 Å². The highest BCUT2D eigenvalue weighted by atomic mass is 16.6. The van der Waals surface area contributed by atoms with E-state index in [4.69, 9.17) is 9.47 Å². The maximum absolute atomic E-state index is 13.4. The molecule has 36 heavy (non-hydrogen) atoms. The molecule has 10 heteroatoms. The number of hydrogen-bond donors (Lipinski definition) is 2. The van der Waals surface area contributed by atoms with Crippen LogP contribution in [0.5, 0.6) is 0 Å². The minimum atomic E-state index is -0.911. The normalized spacial score (nSPS) is 20.1. The second-order valence-electron chi connectivity index (χ2n) is 10.3. The van der Waals surface area contributed by atoms with Gasteiger partial charge in [0.2, 0.25) is 0 Å². The number of aliphatic carboxylic acids is 1. The summed E-state index contributed by atoms with van der Waals surface area (Å²) in [4.78, 5) is 50.1. The first-order valence-corrected chi connectivity index (χ1v) is 12.1. The molecule has 0 saturated heterocycles. The number of rotatable bonds is 8. The molecule has 1 aliphatic carbocycles. The van der Waals surface area contributed by atoms with Crippen molar-refractivity contribution < 1.29 is 24.2 Å². The fraction of sp³-hybridized carbons (Fsp3) is 0.538. The zero-order valence-corrected chi connectivity index (χ0v) is 21.2. The molecule has 1 aromatic heterocycles. The predicted molar refractivity (Wildman–Crippen MR) is 133 cm³/mol. The van der Waals surface area contributed by atoms with E-state index in [1.54, 1.807) is 27.7 Å². The molecule has 2 unspecified atom stereocenters. The minimum Gasteiger partial charge on any atom is -0.481 e. The number of nitrogens with one attached hydrogen (secondary N) is 1. The van der Waals surface area contributed by atoms with Crippen LogP contribution in [0.4, 0.5) is 4.79 Å². The van der Waals surface area contributed by atoms with Crippen LogP contribution >= 0.6 is 0 Å². The summed E-state index contributed by atoms with van der Waals surface area (Å²) in [6.07, 6.45) is 2.23. The standard InChI is InChI=1S/C26H35N3O7/c1-17-14-28(25(34)29(23(17)32)16-35-15-18-8-6-5-7-9-18)21-11-10-19(13-22(30)31)12-20(21)27-24(33)36-26(2,3)4/h5-9,14,19-21H,10-13,15-16H2,1-4H3,(H,27,33)(H,30,31)/t19?,20?,21-/m0/s1. The van der Waals surface area contributed by atoms with Gasteiger partial charge in [-0.1, -0.05) is 30.3 Å². The molecular weight excluding hydrogens is 466 g/mol. The fourth-order valence-corrected chi connectivity index (χ4v) is 4.56. The second-order valence-corrected chi connectivity index (χ2v) is 10.3. The largest absolute Gasteiger partial charge is 0.481 e. The van der Waals surface area contributed by atoms with Crippen molar-refractivity contribution in [1.82, 2.24) is 14.5 Å². The first-order chi connectivity index (χ1) is 16.9. The van der Waals surface area contributed by atoms with Gasteiger partial charge >= 0.3 is 17.8 Å². The van der Waals surface area contributed by atoms with E-state index in [9.17, 15) is 24.3 Å². The van der Waals surface area contributed by atoms with Crippen molar-refractivity contribution in [2.24, 2.45) is 5.92 Å². The third-order valence-corrected chi connectivity index (χ3v) is 6.14. The van der Waals surface area contributed by atoms with Crippen molar-refractivity contribution in [3.05, 3.63) is 68.5 Å². The van der Waals surface area contributed by atoms with E-state index < -0.39 is 41.0 Å². The number of aromatic nitrogens is 2. The lowest BCUT2D eigenvalue weighted by atomic mass is 9.80. The molecule has 2 aromatic rings. The van der Waals surface area contributed by atoms with Crippen LogP contribution in [0.2, 0.25) is 0 Å². The van der Waals surface area contributed by atoms with E-state index in [2.05, 4.69) is 5.32 Å². The summed E-state index contributed by atoms with van der Waals surface area (Å²) >= 11 is 0. The van der Waals surface area contributed by atoms with Crippen LogP contribution in [-0.2, 0) is 27.6 Å². The number of nitrogens with zero attached hydrogens (tertiary/aromatic N) is 2. The fourth-order valence-electron chi connectivity index (χ4n) is 4.56. The minimum absolute atomic E-state index is 0.0278. The Labute approximate surface area is 209 Å². The topological polar surface area (TPSA) is 129 Å². The maximum Gasteiger partial charge on any atom is 0.407 e. The van der Waals surface area contributed by atoms with Gasteiger partial charge in [-0.15, -0.1) is 0 Å². The lowest BCUT2D eigenvalue weighted by Gasteiger charge is -2.37. The van der Waals surface area contributed by atoms with Gasteiger partial charge in [0, 0.05) is 18.2 Å². The lowest BCUT2D eigenvalue weighted by molar-refractivity contribution is -0.138. The summed E-state index contributed by atoms with van der Waals surface area (Å²) in [6, 6.07) is 8.40. The van der Waals surface area contributed by atoms with Crippen LogP contribution in [0.15, 0.2) is 46.1 Å². The third-order valence-electron chi connectivity index (χ3n) is 6.14. The Balaban J connectivity index is 1.87. The van der Waals surface area contributed by atoms with Gasteiger partial charge < -0.3 is 19.9 Å². The SMILES string of the molecule is Cc1cn([C@H]2CCC(CC(=O)O)CC2NC(=O)OC(C)(C)C)c(=O)n(COCc2ccccc2)c1=O. The zero-order chi connectivity index (χ0) is 26.5. The summed E-state index contributed by atoms with van der Waals surface area (Å²) in [5.74, 6) is -1.07. The Morgan fingerprint density at radius 1 is 1.14 bits per heavy atom. The summed E-state index contributed by atoms with van der Waals surface area (Å²) in [7, 11) is 0. The number of hydrogen-bond acceptors (Lipinski definition) is 6. The molecule has 1 aromatic carbocycles. The zero-order valence-electron chi connectivity index (χ0n) is 21.2. The Morgan fingerprint density at radius 3 is 2.47 bits per heavy atom. The Bertz CT molecular complexity index is 1180. The number of carbonyl (C=O) groups is 2. The van der Waals surface area contributed by atoms with Crippen LogP contribution in [-0.4, -0.2) is 37.9 Å². The maximum atomic E-state index is 13.4. The third kappa shape index (κ3) is 7.30. The highest BCUT2D eigenvalue weighted by molar-refractivity contribution is 5.68. The van der Waals surface area contributed by atoms with Crippen molar-refractivity contribution in [2.45, 2.75) is 84.4 Å². The van der Waals surface area contributed by atoms with Gasteiger partial charge in [-0.25, -0.2) is 14.2 Å². The summed E-state index contributed by atoms with van der Waals surface area (Å²) in [6.45, 7) is 6.89. The molecule has 1 heterocycles. The van der Waals surface area contributed by atoms with E-state index >= 15 is 0 Å². The van der Waals surface area contributed by atoms with Crippen LogP contribution in [0, 0.1) is 12.8 Å². The summed E-state index contributed by atoms with van der Waals surface area (Å²) in [5.41, 5.74) is -0.429. The van der Waals surface area contributed by atoms with Crippen LogP contribution in [0.25, 0.3) is 0 Å². The van der Waals surface area contributed by atoms with Crippen molar-refractivity contribution in [3.63, 3.8) is 0 Å². The number of carboxylic acids is 1. The number of benzene rings is 1. The van der Waals surface area contributed by atoms with Gasteiger partial charge in [-0.05, 0) is 58.4 Å². The second kappa shape index (κ2) is 11.6. The molecule has 10 nitrogen and oxygen atoms in total. The smallest absolute Gasteiger partial charge is 0.407 e. The van der Waals surface area contributed by atoms with Gasteiger partial charge in [0.05, 0.1) is 18.7 Å². The Hall–Kier alpha value is -3.40. The molecule has 0 bridgehead atoms. The molecule has 0 aliphatic heterocycles. The van der Waals surface area contributed by atoms with Crippen LogP contribution < -0.4 is 16.6 Å². The number of aryl methyl sites for hydroxylation is 1. The molecule has 3 atom stereocenters. The highest BCUT2D eigenvalue weighted by Crippen LogP contribution is 2.34. The Kier molecular flexibility index (Phi) is 8.73. The van der Waals surface area contributed by atoms with Gasteiger partial charge in [0.15, 0.2) is 0 Å². The Morgan fingerprint density at radius 2 is 1.83 bits per heavy atom. The van der Waals surface area contributed by atoms with Crippen molar-refractivity contribution in [3.8, 4) is 0 Å². The molecule has 196 valence electrons. The van der Waals surface area contributed by atoms with Crippen molar-refractivity contribution in [1.29, 1.82) is 0 Å². The molecule has 1 aliphatic rings. The molecule has 1 saturated carbocycles. The van der Waals surface area contributed by atoms with Gasteiger partial charge in [0.1, 0.15) is 12.3 Å². The highest BCUT2D eigenvalue weighted by Gasteiger charge is 2.35. The molecule has 3 rings (SSSR count). The average Bonchev–Trinajstić information content (AvgIpc) is 2.78. The first-order valence-electron chi connectivity index (χ1n) is 12.1. The van der Waals surface area contributed by atoms with E-state index in [0.717, 1.165) is 10.1 Å². The van der Waals surface area contributed by atoms with Crippen LogP contribution in [0.3, 0.4) is 0 Å². The van der Waals surface area contributed by atoms with Gasteiger partial charge in [0.25, 0.3) is 5.56 Å². The average molecular weight is 502 g/mol. The van der Waals surface area contributed by atoms with E-state index in [-0.39, 0.29) is 25.7 Å². The summed E-state index contributed by atoms with van der Waals surface area (Å²) in [5, 5.41) is 12.1. The number of alkyl carbamates (subject to hydrolysis) is 1.